The quantitative estimate of drug-likeness (QED) is 0.231. The van der Waals surface area contributed by atoms with Gasteiger partial charge >= 0.3 is 0 Å². The number of nitrogens with zero attached hydrogens (tertiary/aromatic N) is 4. The van der Waals surface area contributed by atoms with Gasteiger partial charge in [0.2, 0.25) is 0 Å². The van der Waals surface area contributed by atoms with Crippen LogP contribution in [0.15, 0.2) is 128 Å². The van der Waals surface area contributed by atoms with Crippen LogP contribution in [0, 0.1) is 0 Å². The number of hydrogen-bond donors (Lipinski definition) is 0. The van der Waals surface area contributed by atoms with Crippen molar-refractivity contribution in [3.05, 3.63) is 128 Å². The first kappa shape index (κ1) is 24.0. The van der Waals surface area contributed by atoms with Gasteiger partial charge in [-0.25, -0.2) is 0 Å². The zero-order chi connectivity index (χ0) is 25.6. The Labute approximate surface area is 217 Å². The van der Waals surface area contributed by atoms with Gasteiger partial charge in [-0.1, -0.05) is 109 Å². The lowest BCUT2D eigenvalue weighted by Gasteiger charge is -2.07. The van der Waals surface area contributed by atoms with E-state index in [0.29, 0.717) is 6.54 Å². The summed E-state index contributed by atoms with van der Waals surface area (Å²) in [5.41, 5.74) is 5.95. The van der Waals surface area contributed by atoms with E-state index in [2.05, 4.69) is 94.4 Å². The lowest BCUT2D eigenvalue weighted by Crippen LogP contribution is -2.01. The van der Waals surface area contributed by atoms with Gasteiger partial charge in [-0.2, -0.15) is 0 Å². The van der Waals surface area contributed by atoms with Gasteiger partial charge in [-0.05, 0) is 26.0 Å². The van der Waals surface area contributed by atoms with Crippen molar-refractivity contribution in [2.45, 2.75) is 20.4 Å². The number of aromatic nitrogens is 4. The molecule has 2 heterocycles. The van der Waals surface area contributed by atoms with E-state index in [1.807, 2.05) is 66.7 Å². The third-order valence-electron chi connectivity index (χ3n) is 6.48. The van der Waals surface area contributed by atoms with E-state index >= 15 is 0 Å². The van der Waals surface area contributed by atoms with E-state index in [1.165, 1.54) is 27.5 Å². The maximum absolute atomic E-state index is 4.35. The van der Waals surface area contributed by atoms with Crippen molar-refractivity contribution in [2.24, 2.45) is 0 Å². The minimum atomic E-state index is 0.682. The Kier molecular flexibility index (Phi) is 7.09. The van der Waals surface area contributed by atoms with Crippen molar-refractivity contribution in [3.63, 3.8) is 0 Å². The smallest absolute Gasteiger partial charge is 0.164 e. The van der Waals surface area contributed by atoms with Gasteiger partial charge in [0.25, 0.3) is 0 Å². The van der Waals surface area contributed by atoms with Crippen LogP contribution in [0.3, 0.4) is 0 Å². The lowest BCUT2D eigenvalue weighted by atomic mass is 10.2. The van der Waals surface area contributed by atoms with Crippen molar-refractivity contribution < 1.29 is 0 Å². The summed E-state index contributed by atoms with van der Waals surface area (Å²) in [6, 6.07) is 37.3. The molecule has 0 N–H and O–H groups in total. The van der Waals surface area contributed by atoms with Gasteiger partial charge in [-0.3, -0.25) is 0 Å². The second kappa shape index (κ2) is 10.9. The number of rotatable bonds is 5. The van der Waals surface area contributed by atoms with Gasteiger partial charge in [0.1, 0.15) is 0 Å². The molecule has 0 aliphatic rings. The summed E-state index contributed by atoms with van der Waals surface area (Å²) in [6.07, 6.45) is 4.01. The zero-order valence-electron chi connectivity index (χ0n) is 21.3. The van der Waals surface area contributed by atoms with Gasteiger partial charge < -0.3 is 9.13 Å². The summed E-state index contributed by atoms with van der Waals surface area (Å²) >= 11 is 0. The first-order chi connectivity index (χ1) is 18.2. The van der Waals surface area contributed by atoms with Crippen molar-refractivity contribution in [1.82, 2.24) is 19.3 Å². The van der Waals surface area contributed by atoms with Gasteiger partial charge in [0, 0.05) is 34.1 Å². The second-order valence-electron chi connectivity index (χ2n) is 8.78. The highest BCUT2D eigenvalue weighted by molar-refractivity contribution is 6.09. The Hall–Kier alpha value is -4.70. The molecular formula is C33H30N4. The summed E-state index contributed by atoms with van der Waals surface area (Å²) in [4.78, 5) is 0. The summed E-state index contributed by atoms with van der Waals surface area (Å²) in [5, 5.41) is 11.3. The molecule has 0 unspecified atom stereocenters. The Morgan fingerprint density at radius 2 is 1.11 bits per heavy atom. The molecule has 0 saturated carbocycles. The fourth-order valence-electron chi connectivity index (χ4n) is 4.64. The molecule has 4 heteroatoms. The van der Waals surface area contributed by atoms with Crippen LogP contribution in [-0.4, -0.2) is 19.3 Å². The molecule has 0 amide bonds. The van der Waals surface area contributed by atoms with Crippen LogP contribution in [0.5, 0.6) is 0 Å². The standard InChI is InChI=1S/C17H15N3.C16H15N/c1-2-13-20-16(14-9-5-3-6-10-14)18-19-17(20)15-11-7-4-8-12-15;1-3-12(2)17-15-10-6-4-8-13(15)14-9-5-7-11-16(14)17/h2-12H,1,13H2;3-11H,1-2H3/b;12-3+. The molecule has 0 saturated heterocycles. The largest absolute Gasteiger partial charge is 0.314 e. The molecule has 2 aromatic heterocycles. The Morgan fingerprint density at radius 1 is 0.676 bits per heavy atom. The van der Waals surface area contributed by atoms with Crippen LogP contribution in [0.4, 0.5) is 0 Å². The summed E-state index contributed by atoms with van der Waals surface area (Å²) in [5.74, 6) is 1.73. The van der Waals surface area contributed by atoms with E-state index in [0.717, 1.165) is 22.8 Å². The molecule has 4 aromatic carbocycles. The topological polar surface area (TPSA) is 35.6 Å². The fourth-order valence-corrected chi connectivity index (χ4v) is 4.64. The summed E-state index contributed by atoms with van der Waals surface area (Å²) < 4.78 is 4.41. The predicted octanol–water partition coefficient (Wildman–Crippen LogP) is 8.47. The molecular weight excluding hydrogens is 452 g/mol. The Morgan fingerprint density at radius 3 is 1.54 bits per heavy atom. The normalized spacial score (nSPS) is 11.4. The first-order valence-electron chi connectivity index (χ1n) is 12.5. The maximum Gasteiger partial charge on any atom is 0.164 e. The molecule has 37 heavy (non-hydrogen) atoms. The molecule has 6 rings (SSSR count). The molecule has 182 valence electrons. The molecule has 0 bridgehead atoms. The second-order valence-corrected chi connectivity index (χ2v) is 8.78. The zero-order valence-corrected chi connectivity index (χ0v) is 21.3. The SMILES string of the molecule is C/C=C(\C)n1c2ccccc2c2ccccc21.C=CCn1c(-c2ccccc2)nnc1-c1ccccc1. The fraction of sp³-hybridized carbons (Fsp3) is 0.0909. The van der Waals surface area contributed by atoms with E-state index in [9.17, 15) is 0 Å². The average molecular weight is 483 g/mol. The molecule has 0 aliphatic heterocycles. The number of hydrogen-bond acceptors (Lipinski definition) is 2. The summed E-state index contributed by atoms with van der Waals surface area (Å²) in [7, 11) is 0. The molecule has 0 radical (unpaired) electrons. The average Bonchev–Trinajstić information content (AvgIpc) is 3.54. The van der Waals surface area contributed by atoms with E-state index in [1.54, 1.807) is 0 Å². The van der Waals surface area contributed by atoms with Crippen molar-refractivity contribution in [1.29, 1.82) is 0 Å². The highest BCUT2D eigenvalue weighted by Gasteiger charge is 2.14. The molecule has 0 fully saturated rings. The van der Waals surface area contributed by atoms with Gasteiger partial charge in [0.15, 0.2) is 11.6 Å². The van der Waals surface area contributed by atoms with Crippen molar-refractivity contribution in [3.8, 4) is 22.8 Å². The van der Waals surface area contributed by atoms with Crippen LogP contribution in [0.1, 0.15) is 13.8 Å². The van der Waals surface area contributed by atoms with Crippen LogP contribution in [0.25, 0.3) is 50.3 Å². The van der Waals surface area contributed by atoms with E-state index in [-0.39, 0.29) is 0 Å². The number of allylic oxidation sites excluding steroid dienone is 3. The molecule has 0 atom stereocenters. The number of fused-ring (bicyclic) bond motifs is 3. The Balaban J connectivity index is 0.000000153. The van der Waals surface area contributed by atoms with Crippen LogP contribution in [-0.2, 0) is 6.54 Å². The van der Waals surface area contributed by atoms with Crippen molar-refractivity contribution in [2.75, 3.05) is 0 Å². The van der Waals surface area contributed by atoms with Crippen molar-refractivity contribution >= 4 is 27.5 Å². The molecule has 6 aromatic rings. The number of para-hydroxylation sites is 2. The monoisotopic (exact) mass is 482 g/mol. The van der Waals surface area contributed by atoms with Gasteiger partial charge in [0.05, 0.1) is 11.0 Å². The summed E-state index contributed by atoms with van der Waals surface area (Å²) in [6.45, 7) is 8.74. The third-order valence-corrected chi connectivity index (χ3v) is 6.48. The Bertz CT molecular complexity index is 1560. The molecule has 0 aliphatic carbocycles. The minimum Gasteiger partial charge on any atom is -0.314 e. The third kappa shape index (κ3) is 4.74. The van der Waals surface area contributed by atoms with Crippen LogP contribution < -0.4 is 0 Å². The van der Waals surface area contributed by atoms with Gasteiger partial charge in [-0.15, -0.1) is 16.8 Å². The maximum atomic E-state index is 4.35. The highest BCUT2D eigenvalue weighted by Crippen LogP contribution is 2.31. The van der Waals surface area contributed by atoms with Crippen LogP contribution >= 0.6 is 0 Å². The highest BCUT2D eigenvalue weighted by atomic mass is 15.3. The first-order valence-corrected chi connectivity index (χ1v) is 12.5. The van der Waals surface area contributed by atoms with E-state index < -0.39 is 0 Å². The van der Waals surface area contributed by atoms with Crippen LogP contribution in [0.2, 0.25) is 0 Å². The molecule has 4 nitrogen and oxygen atoms in total. The molecule has 0 spiro atoms. The lowest BCUT2D eigenvalue weighted by molar-refractivity contribution is 0.837. The van der Waals surface area contributed by atoms with E-state index in [4.69, 9.17) is 0 Å². The predicted molar refractivity (Wildman–Crippen MR) is 156 cm³/mol. The number of benzene rings is 4. The minimum absolute atomic E-state index is 0.682.